The molecule has 0 saturated heterocycles. The number of aromatic nitrogens is 3. The number of hydrogen-bond acceptors (Lipinski definition) is 3. The van der Waals surface area contributed by atoms with Gasteiger partial charge in [0, 0.05) is 17.6 Å². The van der Waals surface area contributed by atoms with Crippen molar-refractivity contribution in [2.24, 2.45) is 11.3 Å². The quantitative estimate of drug-likeness (QED) is 0.670. The van der Waals surface area contributed by atoms with Crippen LogP contribution in [0.3, 0.4) is 0 Å². The SMILES string of the molecule is CCn1c(SCC(CBr)C(C)(C)C)n[nH]c1=O. The molecule has 1 atom stereocenters. The van der Waals surface area contributed by atoms with Crippen molar-refractivity contribution in [1.82, 2.24) is 14.8 Å². The lowest BCUT2D eigenvalue weighted by Gasteiger charge is -2.28. The molecule has 98 valence electrons. The molecule has 0 aromatic carbocycles. The molecule has 0 aliphatic rings. The molecule has 17 heavy (non-hydrogen) atoms. The predicted molar refractivity (Wildman–Crippen MR) is 76.0 cm³/mol. The van der Waals surface area contributed by atoms with Crippen LogP contribution in [0.1, 0.15) is 27.7 Å². The topological polar surface area (TPSA) is 50.7 Å². The first-order chi connectivity index (χ1) is 7.90. The summed E-state index contributed by atoms with van der Waals surface area (Å²) in [7, 11) is 0. The molecule has 0 amide bonds. The Hall–Kier alpha value is -0.230. The van der Waals surface area contributed by atoms with Crippen LogP contribution in [0.15, 0.2) is 9.95 Å². The van der Waals surface area contributed by atoms with Crippen LogP contribution in [0.5, 0.6) is 0 Å². The van der Waals surface area contributed by atoms with Crippen molar-refractivity contribution < 1.29 is 0 Å². The molecular weight excluding hydrogens is 302 g/mol. The van der Waals surface area contributed by atoms with Crippen LogP contribution in [0.2, 0.25) is 0 Å². The second-order valence-electron chi connectivity index (χ2n) is 5.08. The maximum absolute atomic E-state index is 11.4. The first-order valence-electron chi connectivity index (χ1n) is 5.74. The highest BCUT2D eigenvalue weighted by Crippen LogP contribution is 2.32. The molecule has 1 rings (SSSR count). The van der Waals surface area contributed by atoms with Crippen molar-refractivity contribution in [3.05, 3.63) is 10.5 Å². The van der Waals surface area contributed by atoms with E-state index < -0.39 is 0 Å². The van der Waals surface area contributed by atoms with Gasteiger partial charge in [0.2, 0.25) is 0 Å². The van der Waals surface area contributed by atoms with Gasteiger partial charge in [-0.25, -0.2) is 9.89 Å². The zero-order valence-corrected chi connectivity index (χ0v) is 13.2. The van der Waals surface area contributed by atoms with Gasteiger partial charge in [0.1, 0.15) is 0 Å². The van der Waals surface area contributed by atoms with Gasteiger partial charge >= 0.3 is 5.69 Å². The van der Waals surface area contributed by atoms with Gasteiger partial charge in [-0.15, -0.1) is 5.10 Å². The Morgan fingerprint density at radius 3 is 2.65 bits per heavy atom. The molecular formula is C11H20BrN3OS. The zero-order valence-electron chi connectivity index (χ0n) is 10.8. The number of thioether (sulfide) groups is 1. The molecule has 0 saturated carbocycles. The Kier molecular flexibility index (Phi) is 5.31. The Morgan fingerprint density at radius 1 is 1.53 bits per heavy atom. The average Bonchev–Trinajstić information content (AvgIpc) is 2.58. The normalized spacial score (nSPS) is 13.9. The monoisotopic (exact) mass is 321 g/mol. The molecule has 4 nitrogen and oxygen atoms in total. The Labute approximate surface area is 115 Å². The minimum atomic E-state index is -0.124. The first-order valence-corrected chi connectivity index (χ1v) is 7.84. The van der Waals surface area contributed by atoms with E-state index >= 15 is 0 Å². The smallest absolute Gasteiger partial charge is 0.270 e. The Morgan fingerprint density at radius 2 is 2.18 bits per heavy atom. The minimum Gasteiger partial charge on any atom is -0.270 e. The second-order valence-corrected chi connectivity index (χ2v) is 6.72. The van der Waals surface area contributed by atoms with E-state index in [0.717, 1.165) is 16.2 Å². The molecule has 6 heteroatoms. The van der Waals surface area contributed by atoms with Crippen LogP contribution in [0, 0.1) is 11.3 Å². The van der Waals surface area contributed by atoms with Gasteiger partial charge in [0.05, 0.1) is 0 Å². The van der Waals surface area contributed by atoms with Crippen LogP contribution in [0.25, 0.3) is 0 Å². The van der Waals surface area contributed by atoms with Crippen LogP contribution < -0.4 is 5.69 Å². The van der Waals surface area contributed by atoms with Crippen molar-refractivity contribution in [2.45, 2.75) is 39.4 Å². The lowest BCUT2D eigenvalue weighted by molar-refractivity contribution is 0.295. The number of rotatable bonds is 5. The van der Waals surface area contributed by atoms with Crippen LogP contribution >= 0.6 is 27.7 Å². The molecule has 0 aliphatic heterocycles. The molecule has 0 radical (unpaired) electrons. The summed E-state index contributed by atoms with van der Waals surface area (Å²) in [6.45, 7) is 9.31. The molecule has 1 aromatic heterocycles. The van der Waals surface area contributed by atoms with Crippen LogP contribution in [-0.4, -0.2) is 25.8 Å². The third-order valence-electron chi connectivity index (χ3n) is 2.86. The number of aromatic amines is 1. The van der Waals surface area contributed by atoms with Gasteiger partial charge in [0.25, 0.3) is 0 Å². The lowest BCUT2D eigenvalue weighted by Crippen LogP contribution is -2.24. The standard InChI is InChI=1S/C11H20BrN3OS/c1-5-15-9(16)13-14-10(15)17-7-8(6-12)11(2,3)4/h8H,5-7H2,1-4H3,(H,13,16). The predicted octanol–water partition coefficient (Wildman–Crippen LogP) is 2.74. The van der Waals surface area contributed by atoms with E-state index in [-0.39, 0.29) is 11.1 Å². The van der Waals surface area contributed by atoms with Gasteiger partial charge in [-0.1, -0.05) is 48.5 Å². The summed E-state index contributed by atoms with van der Waals surface area (Å²) in [6, 6.07) is 0. The molecule has 0 fully saturated rings. The molecule has 0 aliphatic carbocycles. The van der Waals surface area contributed by atoms with E-state index in [1.807, 2.05) is 6.92 Å². The summed E-state index contributed by atoms with van der Waals surface area (Å²) in [5.74, 6) is 1.50. The number of halogens is 1. The fourth-order valence-corrected chi connectivity index (χ4v) is 4.34. The fourth-order valence-electron chi connectivity index (χ4n) is 1.39. The van der Waals surface area contributed by atoms with E-state index in [4.69, 9.17) is 0 Å². The Balaban J connectivity index is 2.69. The molecule has 1 unspecified atom stereocenters. The highest BCUT2D eigenvalue weighted by molar-refractivity contribution is 9.09. The summed E-state index contributed by atoms with van der Waals surface area (Å²) >= 11 is 5.20. The van der Waals surface area contributed by atoms with Gasteiger partial charge in [-0.2, -0.15) is 0 Å². The summed E-state index contributed by atoms with van der Waals surface area (Å²) in [6.07, 6.45) is 0. The van der Waals surface area contributed by atoms with E-state index in [9.17, 15) is 4.79 Å². The maximum Gasteiger partial charge on any atom is 0.343 e. The highest BCUT2D eigenvalue weighted by Gasteiger charge is 2.24. The van der Waals surface area contributed by atoms with Gasteiger partial charge in [-0.3, -0.25) is 4.57 Å². The lowest BCUT2D eigenvalue weighted by atomic mass is 9.83. The van der Waals surface area contributed by atoms with Crippen molar-refractivity contribution in [2.75, 3.05) is 11.1 Å². The van der Waals surface area contributed by atoms with Gasteiger partial charge in [0.15, 0.2) is 5.16 Å². The number of nitrogens with one attached hydrogen (secondary N) is 1. The van der Waals surface area contributed by atoms with Crippen LogP contribution in [-0.2, 0) is 6.54 Å². The summed E-state index contributed by atoms with van der Waals surface area (Å²) in [5.41, 5.74) is 0.130. The van der Waals surface area contributed by atoms with Crippen molar-refractivity contribution in [3.8, 4) is 0 Å². The molecule has 1 aromatic rings. The first kappa shape index (κ1) is 14.8. The fraction of sp³-hybridized carbons (Fsp3) is 0.818. The second kappa shape index (κ2) is 6.09. The number of nitrogens with zero attached hydrogens (tertiary/aromatic N) is 2. The van der Waals surface area contributed by atoms with E-state index in [2.05, 4.69) is 46.9 Å². The average molecular weight is 322 g/mol. The maximum atomic E-state index is 11.4. The summed E-state index contributed by atoms with van der Waals surface area (Å²) < 4.78 is 1.67. The third kappa shape index (κ3) is 3.88. The largest absolute Gasteiger partial charge is 0.343 e. The van der Waals surface area contributed by atoms with Gasteiger partial charge in [-0.05, 0) is 18.3 Å². The minimum absolute atomic E-state index is 0.124. The zero-order chi connectivity index (χ0) is 13.1. The number of H-pyrrole nitrogens is 1. The third-order valence-corrected chi connectivity index (χ3v) is 4.78. The van der Waals surface area contributed by atoms with Crippen molar-refractivity contribution in [1.29, 1.82) is 0 Å². The molecule has 0 spiro atoms. The number of hydrogen-bond donors (Lipinski definition) is 1. The number of alkyl halides is 1. The molecule has 1 heterocycles. The highest BCUT2D eigenvalue weighted by atomic mass is 79.9. The van der Waals surface area contributed by atoms with Crippen molar-refractivity contribution >= 4 is 27.7 Å². The van der Waals surface area contributed by atoms with E-state index in [0.29, 0.717) is 12.5 Å². The van der Waals surface area contributed by atoms with Crippen molar-refractivity contribution in [3.63, 3.8) is 0 Å². The summed E-state index contributed by atoms with van der Waals surface area (Å²) in [5, 5.41) is 8.29. The summed E-state index contributed by atoms with van der Waals surface area (Å²) in [4.78, 5) is 11.4. The van der Waals surface area contributed by atoms with E-state index in [1.54, 1.807) is 16.3 Å². The van der Waals surface area contributed by atoms with Gasteiger partial charge < -0.3 is 0 Å². The molecule has 1 N–H and O–H groups in total. The van der Waals surface area contributed by atoms with Crippen LogP contribution in [0.4, 0.5) is 0 Å². The Bertz CT molecular complexity index is 408. The van der Waals surface area contributed by atoms with E-state index in [1.165, 1.54) is 0 Å². The molecule has 0 bridgehead atoms.